The molecule has 14 amide bonds. The molecule has 0 aliphatic carbocycles. The van der Waals surface area contributed by atoms with Crippen LogP contribution in [0, 0.1) is 11.3 Å². The van der Waals surface area contributed by atoms with Crippen molar-refractivity contribution >= 4 is 105 Å². The summed E-state index contributed by atoms with van der Waals surface area (Å²) in [7, 11) is 0. The number of nitrogens with two attached hydrogens (primary N) is 2. The van der Waals surface area contributed by atoms with Gasteiger partial charge < -0.3 is 84.3 Å². The molecule has 0 spiro atoms. The fraction of sp³-hybridized carbons (Fsp3) is 0.452. The monoisotopic (exact) mass is 1630 g/mol. The van der Waals surface area contributed by atoms with Crippen molar-refractivity contribution in [1.82, 2.24) is 72.4 Å². The number of carbonyl (C=O) groups is 12. The fourth-order valence-electron chi connectivity index (χ4n) is 14.4. The van der Waals surface area contributed by atoms with Crippen LogP contribution in [0.25, 0.3) is 10.8 Å². The van der Waals surface area contributed by atoms with Crippen molar-refractivity contribution in [3.8, 4) is 0 Å². The highest BCUT2D eigenvalue weighted by Crippen LogP contribution is 2.25. The molecule has 3 fully saturated rings. The smallest absolute Gasteiger partial charge is 0.325 e. The number of fused-ring (bicyclic) bond motifs is 1. The number of carbonyl (C=O) groups excluding carboxylic acids is 12. The Labute approximate surface area is 685 Å². The van der Waals surface area contributed by atoms with E-state index in [2.05, 4.69) is 63.1 Å². The Balaban J connectivity index is 1.01. The summed E-state index contributed by atoms with van der Waals surface area (Å²) in [6, 6.07) is 21.5. The number of imide groups is 1. The van der Waals surface area contributed by atoms with E-state index in [1.807, 2.05) is 68.4 Å². The number of aromatic nitrogens is 1. The maximum Gasteiger partial charge on any atom is 0.325 e. The van der Waals surface area contributed by atoms with E-state index in [0.717, 1.165) is 39.6 Å². The lowest BCUT2D eigenvalue weighted by Gasteiger charge is -2.31. The molecule has 3 saturated heterocycles. The number of anilines is 1. The lowest BCUT2D eigenvalue weighted by Crippen LogP contribution is -2.61. The Bertz CT molecular complexity index is 4440. The third-order valence-corrected chi connectivity index (χ3v) is 20.8. The van der Waals surface area contributed by atoms with Gasteiger partial charge in [0, 0.05) is 101 Å². The Kier molecular flexibility index (Phi) is 33.5. The molecule has 10 atom stereocenters. The Hall–Kier alpha value is -11.6. The Morgan fingerprint density at radius 1 is 0.632 bits per heavy atom. The average Bonchev–Trinajstić information content (AvgIpc) is 1.65. The zero-order valence-electron chi connectivity index (χ0n) is 66.7. The number of benzene rings is 5. The molecule has 2 unspecified atom stereocenters. The molecule has 626 valence electrons. The minimum absolute atomic E-state index is 0.0134. The maximum absolute atomic E-state index is 15.6. The van der Waals surface area contributed by atoms with Gasteiger partial charge >= 0.3 is 12.1 Å². The van der Waals surface area contributed by atoms with Gasteiger partial charge in [0.2, 0.25) is 53.2 Å². The molecule has 0 saturated carbocycles. The molecule has 0 bridgehead atoms. The summed E-state index contributed by atoms with van der Waals surface area (Å²) in [5, 5.41) is 48.6. The molecule has 0 radical (unpaired) electrons. The number of primary amides is 1. The molecular weight excluding hydrogens is 1520 g/mol. The summed E-state index contributed by atoms with van der Waals surface area (Å²) >= 11 is 6.29. The molecule has 3 aliphatic heterocycles. The van der Waals surface area contributed by atoms with Crippen LogP contribution in [0.3, 0.4) is 0 Å². The van der Waals surface area contributed by atoms with Crippen molar-refractivity contribution in [2.45, 2.75) is 179 Å². The number of guanidine groups is 1. The predicted octanol–water partition coefficient (Wildman–Crippen LogP) is 3.37. The number of ether oxygens (including phenoxy) is 1. The summed E-state index contributed by atoms with van der Waals surface area (Å²) in [5.74, 6) is -9.09. The zero-order valence-corrected chi connectivity index (χ0v) is 67.5. The minimum atomic E-state index is -1.85. The number of hydrogen-bond acceptors (Lipinski definition) is 17. The van der Waals surface area contributed by atoms with Crippen molar-refractivity contribution in [2.24, 2.45) is 17.4 Å². The standard InChI is InChI=1S/C84H109ClN18O14/c1-6-34-101(35-7-2)83(115)92-62-30-25-54(26-31-62)44-65(74(107)94-64(41-51(3)4)73(106)93-63(16-11-33-90-82(87)88)80(113)102-36-12-17-70(102)78(111)91-52(5)72(86)105)95-75(108)66(43-53-18-20-56(21-19-53)49-100-37-39-117-40-38-100)96-77(110)69(50-104)98-76(109)67(46-58-13-10-32-89-48-58)97-79(112)71(47-55-23-28-61(85)29-24-55)103-81(114)68(99-84(103)116)45-57-22-27-59-14-8-9-15-60(59)42-57/h8-10,13-15,18-32,42,48,51-52,63-71,104H,6-7,11-12,16-17,33-41,43-47,49-50H2,1-5H3,(H2,86,105)(H,91,111)(H,92,115)(H,93,106)(H,94,107)(H,95,108)(H,96,110)(H,97,112)(H,98,109)(H,99,116)(H4,87,88,90)/t52-,63+,64+,65-,66+,67-,68?,69+,70+,71?/m1/s1. The van der Waals surface area contributed by atoms with Crippen LogP contribution < -0.4 is 64.6 Å². The second-order valence-electron chi connectivity index (χ2n) is 30.2. The van der Waals surface area contributed by atoms with E-state index in [-0.39, 0.29) is 88.8 Å². The summed E-state index contributed by atoms with van der Waals surface area (Å²) in [5.41, 5.74) is 15.0. The number of hydrogen-bond donors (Lipinski definition) is 14. The number of amides is 14. The van der Waals surface area contributed by atoms with Crippen LogP contribution in [0.4, 0.5) is 15.3 Å². The highest BCUT2D eigenvalue weighted by Gasteiger charge is 2.46. The summed E-state index contributed by atoms with van der Waals surface area (Å²) in [4.78, 5) is 184. The minimum Gasteiger partial charge on any atom is -0.394 e. The normalized spacial score (nSPS) is 16.9. The first-order valence-electron chi connectivity index (χ1n) is 39.9. The molecule has 117 heavy (non-hydrogen) atoms. The van der Waals surface area contributed by atoms with Gasteiger partial charge in [-0.2, -0.15) is 0 Å². The van der Waals surface area contributed by atoms with Gasteiger partial charge in [0.05, 0.1) is 19.8 Å². The molecule has 6 aromatic rings. The van der Waals surface area contributed by atoms with Crippen molar-refractivity contribution in [1.29, 1.82) is 5.41 Å². The number of aliphatic hydroxyl groups excluding tert-OH is 1. The molecule has 3 aliphatic rings. The number of morpholine rings is 1. The number of pyridine rings is 1. The number of nitrogens with zero attached hydrogens (tertiary/aromatic N) is 5. The van der Waals surface area contributed by atoms with Crippen LogP contribution in [0.15, 0.2) is 140 Å². The van der Waals surface area contributed by atoms with Crippen molar-refractivity contribution < 1.29 is 67.4 Å². The molecule has 9 rings (SSSR count). The average molecular weight is 1630 g/mol. The van der Waals surface area contributed by atoms with Crippen LogP contribution in [-0.2, 0) is 91.3 Å². The third-order valence-electron chi connectivity index (χ3n) is 20.6. The topological polar surface area (TPSA) is 456 Å². The first-order valence-corrected chi connectivity index (χ1v) is 40.2. The number of aliphatic hydroxyl groups is 1. The van der Waals surface area contributed by atoms with E-state index < -0.39 is 132 Å². The zero-order chi connectivity index (χ0) is 84.2. The number of halogens is 1. The molecule has 4 heterocycles. The molecule has 33 heteroatoms. The second-order valence-corrected chi connectivity index (χ2v) is 30.7. The van der Waals surface area contributed by atoms with Crippen LogP contribution in [0.2, 0.25) is 5.02 Å². The number of likely N-dealkylation sites (tertiary alicyclic amines) is 1. The van der Waals surface area contributed by atoms with E-state index in [9.17, 15) is 38.7 Å². The first-order chi connectivity index (χ1) is 56.2. The Morgan fingerprint density at radius 3 is 1.78 bits per heavy atom. The van der Waals surface area contributed by atoms with E-state index >= 15 is 24.0 Å². The third kappa shape index (κ3) is 26.5. The van der Waals surface area contributed by atoms with Crippen molar-refractivity contribution in [3.63, 3.8) is 0 Å². The van der Waals surface area contributed by atoms with Crippen LogP contribution in [0.1, 0.15) is 113 Å². The van der Waals surface area contributed by atoms with E-state index in [4.69, 9.17) is 33.2 Å². The first kappa shape index (κ1) is 89.3. The van der Waals surface area contributed by atoms with Crippen LogP contribution in [-0.4, -0.2) is 226 Å². The van der Waals surface area contributed by atoms with Gasteiger partial charge in [-0.25, -0.2) is 14.5 Å². The highest BCUT2D eigenvalue weighted by atomic mass is 35.5. The van der Waals surface area contributed by atoms with Crippen LogP contribution in [0.5, 0.6) is 0 Å². The van der Waals surface area contributed by atoms with E-state index in [1.54, 1.807) is 91.5 Å². The lowest BCUT2D eigenvalue weighted by molar-refractivity contribution is -0.142. The van der Waals surface area contributed by atoms with Gasteiger partial charge in [-0.05, 0) is 132 Å². The van der Waals surface area contributed by atoms with E-state index in [0.29, 0.717) is 85.3 Å². The van der Waals surface area contributed by atoms with Gasteiger partial charge in [0.15, 0.2) is 5.96 Å². The predicted molar refractivity (Wildman–Crippen MR) is 440 cm³/mol. The summed E-state index contributed by atoms with van der Waals surface area (Å²) < 4.78 is 5.57. The van der Waals surface area contributed by atoms with Gasteiger partial charge in [-0.1, -0.05) is 136 Å². The summed E-state index contributed by atoms with van der Waals surface area (Å²) in [6.45, 7) is 12.2. The van der Waals surface area contributed by atoms with Crippen LogP contribution >= 0.6 is 11.6 Å². The quantitative estimate of drug-likeness (QED) is 0.0113. The largest absolute Gasteiger partial charge is 0.394 e. The van der Waals surface area contributed by atoms with Crippen molar-refractivity contribution in [3.05, 3.63) is 178 Å². The van der Waals surface area contributed by atoms with Gasteiger partial charge in [-0.15, -0.1) is 0 Å². The fourth-order valence-corrected chi connectivity index (χ4v) is 14.5. The van der Waals surface area contributed by atoms with Gasteiger partial charge in [0.1, 0.15) is 60.4 Å². The van der Waals surface area contributed by atoms with E-state index in [1.165, 1.54) is 24.2 Å². The van der Waals surface area contributed by atoms with Crippen molar-refractivity contribution in [2.75, 3.05) is 64.4 Å². The highest BCUT2D eigenvalue weighted by molar-refractivity contribution is 6.30. The molecule has 32 nitrogen and oxygen atoms in total. The molecule has 16 N–H and O–H groups in total. The van der Waals surface area contributed by atoms with Gasteiger partial charge in [0.25, 0.3) is 5.91 Å². The summed E-state index contributed by atoms with van der Waals surface area (Å²) in [6.07, 6.45) is 4.23. The molecular formula is C84H109ClN18O14. The molecule has 1 aromatic heterocycles. The lowest BCUT2D eigenvalue weighted by atomic mass is 9.99. The number of urea groups is 2. The number of nitrogens with one attached hydrogen (secondary N) is 11. The Morgan fingerprint density at radius 2 is 1.18 bits per heavy atom. The second kappa shape index (κ2) is 43.9. The maximum atomic E-state index is 15.6. The SMILES string of the molecule is CCCN(CCC)C(=O)Nc1ccc(C[C@@H](NC(=O)[C@H](Cc2ccc(CN3CCOCC3)cc2)NC(=O)[C@H](CO)NC(=O)[C@@H](Cc2cccnc2)NC(=O)C(Cc2ccc(Cl)cc2)N2C(=O)NC(Cc3ccc4ccccc4c3)C2=O)C(=O)N[C@@H](CC(C)C)C(=O)N[C@@H](CCCNC(=N)N)C(=O)N2CCC[C@H]2C(=O)N[C@H](C)C(N)=O)cc1. The van der Waals surface area contributed by atoms with Gasteiger partial charge in [-0.3, -0.25) is 63.2 Å². The number of rotatable bonds is 41. The molecule has 5 aromatic carbocycles.